The lowest BCUT2D eigenvalue weighted by Crippen LogP contribution is -2.38. The number of rotatable bonds is 12. The molecule has 230 valence electrons. The summed E-state index contributed by atoms with van der Waals surface area (Å²) in [7, 11) is 0. The van der Waals surface area contributed by atoms with Crippen LogP contribution in [0.25, 0.3) is 11.1 Å². The number of amides is 2. The lowest BCUT2D eigenvalue weighted by molar-refractivity contribution is -0.245. The second kappa shape index (κ2) is 15.5. The van der Waals surface area contributed by atoms with Gasteiger partial charge in [-0.25, -0.2) is 9.78 Å². The van der Waals surface area contributed by atoms with Crippen LogP contribution in [0.2, 0.25) is 0 Å². The average Bonchev–Trinajstić information content (AvgIpc) is 3.60. The number of H-pyrrole nitrogens is 1. The number of urea groups is 1. The molecule has 1 fully saturated rings. The largest absolute Gasteiger partial charge is 0.465 e. The number of esters is 1. The number of hydrogen-bond acceptors (Lipinski definition) is 9. The molecule has 0 spiro atoms. The molecule has 12 heteroatoms. The number of ether oxygens (including phenoxy) is 3. The molecular weight excluding hydrogens is 582 g/mol. The molecule has 0 saturated carbocycles. The number of carbonyl (C=O) groups excluding carboxylic acids is 2. The van der Waals surface area contributed by atoms with E-state index < -0.39 is 18.3 Å². The van der Waals surface area contributed by atoms with E-state index in [0.29, 0.717) is 18.7 Å². The third kappa shape index (κ3) is 8.66. The van der Waals surface area contributed by atoms with Gasteiger partial charge >= 0.3 is 12.0 Å². The molecule has 5 rings (SSSR count). The first-order valence-corrected chi connectivity index (χ1v) is 15.3. The Kier molecular flexibility index (Phi) is 11.0. The standard InChI is InChI=1S/C32H35N5O6S/c1-2-41-29(39)17-34-31(40)33-16-22-5-3-6-24(13-22)25-7-4-8-26(14-25)30-42-27(19-44-32-35-20-36-37-32)15-28(43-30)23-11-9-21(18-38)10-12-23/h3-14,20,27-28,30,38H,2,15-19H2,1H3,(H2,33,34,40)(H,35,36,37)/t27-,28+,30+/m0/s1. The molecule has 4 aromatic rings. The van der Waals surface area contributed by atoms with Crippen molar-refractivity contribution in [1.82, 2.24) is 25.8 Å². The minimum atomic E-state index is -0.598. The van der Waals surface area contributed by atoms with Crippen LogP contribution in [-0.4, -0.2) is 57.3 Å². The summed E-state index contributed by atoms with van der Waals surface area (Å²) in [5, 5.41) is 22.3. The lowest BCUT2D eigenvalue weighted by Gasteiger charge is -2.36. The molecule has 1 aromatic heterocycles. The molecule has 1 aliphatic rings. The maximum atomic E-state index is 12.1. The first-order chi connectivity index (χ1) is 21.5. The van der Waals surface area contributed by atoms with Gasteiger partial charge in [-0.15, -0.1) is 0 Å². The quantitative estimate of drug-likeness (QED) is 0.132. The van der Waals surface area contributed by atoms with Crippen LogP contribution in [0.15, 0.2) is 84.3 Å². The number of hydrogen-bond donors (Lipinski definition) is 4. The lowest BCUT2D eigenvalue weighted by atomic mass is 9.99. The Morgan fingerprint density at radius 3 is 2.55 bits per heavy atom. The van der Waals surface area contributed by atoms with Crippen LogP contribution in [0.4, 0.5) is 4.79 Å². The van der Waals surface area contributed by atoms with Crippen molar-refractivity contribution in [2.24, 2.45) is 0 Å². The minimum absolute atomic E-state index is 0.0132. The van der Waals surface area contributed by atoms with Crippen molar-refractivity contribution in [1.29, 1.82) is 0 Å². The molecule has 1 saturated heterocycles. The second-order valence-electron chi connectivity index (χ2n) is 10.1. The zero-order valence-electron chi connectivity index (χ0n) is 24.3. The Bertz CT molecular complexity index is 1520. The Morgan fingerprint density at radius 2 is 1.80 bits per heavy atom. The fourth-order valence-electron chi connectivity index (χ4n) is 4.79. The average molecular weight is 618 g/mol. The number of benzene rings is 3. The van der Waals surface area contributed by atoms with E-state index in [1.54, 1.807) is 18.7 Å². The van der Waals surface area contributed by atoms with Gasteiger partial charge < -0.3 is 30.0 Å². The van der Waals surface area contributed by atoms with Gasteiger partial charge in [-0.1, -0.05) is 72.4 Å². The molecule has 11 nitrogen and oxygen atoms in total. The third-order valence-corrected chi connectivity index (χ3v) is 7.99. The number of aliphatic hydroxyl groups excluding tert-OH is 1. The first kappa shape index (κ1) is 31.2. The van der Waals surface area contributed by atoms with E-state index in [9.17, 15) is 14.7 Å². The van der Waals surface area contributed by atoms with Gasteiger partial charge in [0, 0.05) is 24.3 Å². The molecule has 0 bridgehead atoms. The zero-order valence-corrected chi connectivity index (χ0v) is 25.1. The number of carbonyl (C=O) groups is 2. The van der Waals surface area contributed by atoms with Crippen molar-refractivity contribution in [3.05, 3.63) is 101 Å². The monoisotopic (exact) mass is 617 g/mol. The number of nitrogens with one attached hydrogen (secondary N) is 3. The third-order valence-electron chi connectivity index (χ3n) is 6.98. The van der Waals surface area contributed by atoms with Crippen LogP contribution in [-0.2, 0) is 32.2 Å². The van der Waals surface area contributed by atoms with E-state index in [1.807, 2.05) is 66.7 Å². The van der Waals surface area contributed by atoms with Gasteiger partial charge in [-0.2, -0.15) is 5.10 Å². The van der Waals surface area contributed by atoms with Gasteiger partial charge in [0.2, 0.25) is 0 Å². The topological polar surface area (TPSA) is 148 Å². The van der Waals surface area contributed by atoms with E-state index in [4.69, 9.17) is 14.2 Å². The van der Waals surface area contributed by atoms with Gasteiger partial charge in [0.1, 0.15) is 12.9 Å². The summed E-state index contributed by atoms with van der Waals surface area (Å²) in [6, 6.07) is 23.3. The Morgan fingerprint density at radius 1 is 1.00 bits per heavy atom. The number of nitrogens with zero attached hydrogens (tertiary/aromatic N) is 2. The summed E-state index contributed by atoms with van der Waals surface area (Å²) in [6.07, 6.45) is 1.24. The van der Waals surface area contributed by atoms with Crippen LogP contribution >= 0.6 is 11.8 Å². The normalized spacial score (nSPS) is 18.0. The SMILES string of the molecule is CCOC(=O)CNC(=O)NCc1cccc(-c2cccc([C@@H]3O[C@H](CSc4ncn[nH]4)C[C@H](c4ccc(CO)cc4)O3)c2)c1. The fourth-order valence-corrected chi connectivity index (χ4v) is 5.59. The summed E-state index contributed by atoms with van der Waals surface area (Å²) in [4.78, 5) is 27.8. The summed E-state index contributed by atoms with van der Waals surface area (Å²) >= 11 is 1.55. The van der Waals surface area contributed by atoms with Crippen molar-refractivity contribution in [2.75, 3.05) is 18.9 Å². The van der Waals surface area contributed by atoms with Crippen LogP contribution in [0.5, 0.6) is 0 Å². The maximum absolute atomic E-state index is 12.1. The number of aromatic nitrogens is 3. The highest BCUT2D eigenvalue weighted by molar-refractivity contribution is 7.99. The van der Waals surface area contributed by atoms with Crippen LogP contribution < -0.4 is 10.6 Å². The van der Waals surface area contributed by atoms with Gasteiger partial charge in [0.05, 0.1) is 25.4 Å². The molecule has 1 aliphatic heterocycles. The van der Waals surface area contributed by atoms with Gasteiger partial charge in [0.25, 0.3) is 0 Å². The minimum Gasteiger partial charge on any atom is -0.465 e. The predicted octanol–water partition coefficient (Wildman–Crippen LogP) is 4.66. The molecule has 2 amide bonds. The summed E-state index contributed by atoms with van der Waals surface area (Å²) < 4.78 is 17.8. The fraction of sp³-hybridized carbons (Fsp3) is 0.312. The van der Waals surface area contributed by atoms with Crippen molar-refractivity contribution in [3.63, 3.8) is 0 Å². The summed E-state index contributed by atoms with van der Waals surface area (Å²) in [5.74, 6) is 0.184. The van der Waals surface area contributed by atoms with Gasteiger partial charge in [-0.05, 0) is 46.9 Å². The molecule has 3 aromatic carbocycles. The molecule has 4 N–H and O–H groups in total. The highest BCUT2D eigenvalue weighted by Crippen LogP contribution is 2.40. The van der Waals surface area contributed by atoms with E-state index >= 15 is 0 Å². The number of aromatic amines is 1. The van der Waals surface area contributed by atoms with Crippen LogP contribution in [0.3, 0.4) is 0 Å². The predicted molar refractivity (Wildman–Crippen MR) is 164 cm³/mol. The first-order valence-electron chi connectivity index (χ1n) is 14.4. The summed E-state index contributed by atoms with van der Waals surface area (Å²) in [6.45, 7) is 2.06. The Hall–Kier alpha value is -4.23. The molecule has 3 atom stereocenters. The second-order valence-corrected chi connectivity index (χ2v) is 11.1. The van der Waals surface area contributed by atoms with E-state index in [2.05, 4.69) is 31.9 Å². The molecule has 0 unspecified atom stereocenters. The van der Waals surface area contributed by atoms with Crippen LogP contribution in [0.1, 0.15) is 48.0 Å². The van der Waals surface area contributed by atoms with Crippen molar-refractivity contribution in [2.45, 2.75) is 50.2 Å². The van der Waals surface area contributed by atoms with E-state index in [1.165, 1.54) is 6.33 Å². The van der Waals surface area contributed by atoms with Gasteiger partial charge in [0.15, 0.2) is 11.4 Å². The molecule has 2 heterocycles. The van der Waals surface area contributed by atoms with Crippen LogP contribution in [0, 0.1) is 0 Å². The Balaban J connectivity index is 1.28. The smallest absolute Gasteiger partial charge is 0.325 e. The summed E-state index contributed by atoms with van der Waals surface area (Å²) in [5.41, 5.74) is 5.61. The maximum Gasteiger partial charge on any atom is 0.325 e. The van der Waals surface area contributed by atoms with E-state index in [0.717, 1.165) is 38.5 Å². The molecule has 0 aliphatic carbocycles. The van der Waals surface area contributed by atoms with Crippen molar-refractivity contribution >= 4 is 23.8 Å². The molecule has 0 radical (unpaired) electrons. The number of aliphatic hydroxyl groups is 1. The number of thioether (sulfide) groups is 1. The highest BCUT2D eigenvalue weighted by atomic mass is 32.2. The molecular formula is C32H35N5O6S. The van der Waals surface area contributed by atoms with Crippen molar-refractivity contribution in [3.8, 4) is 11.1 Å². The van der Waals surface area contributed by atoms with Crippen molar-refractivity contribution < 1.29 is 28.9 Å². The zero-order chi connectivity index (χ0) is 30.7. The molecule has 44 heavy (non-hydrogen) atoms. The van der Waals surface area contributed by atoms with Gasteiger partial charge in [-0.3, -0.25) is 9.89 Å². The van der Waals surface area contributed by atoms with E-state index in [-0.39, 0.29) is 32.0 Å². The highest BCUT2D eigenvalue weighted by Gasteiger charge is 2.32. The Labute approximate surface area is 259 Å².